The van der Waals surface area contributed by atoms with Gasteiger partial charge in [-0.1, -0.05) is 53.5 Å². The molecule has 0 aliphatic rings. The molecule has 3 nitrogen and oxygen atoms in total. The van der Waals surface area contributed by atoms with Crippen molar-refractivity contribution in [2.24, 2.45) is 5.41 Å². The van der Waals surface area contributed by atoms with E-state index in [1.807, 2.05) is 13.0 Å². The molecule has 0 N–H and O–H groups in total. The van der Waals surface area contributed by atoms with Crippen LogP contribution >= 0.6 is 0 Å². The first-order chi connectivity index (χ1) is 11.8. The molecule has 0 bridgehead atoms. The number of hydrogen-bond acceptors (Lipinski definition) is 3. The van der Waals surface area contributed by atoms with E-state index < -0.39 is 0 Å². The second kappa shape index (κ2) is 10.5. The van der Waals surface area contributed by atoms with Gasteiger partial charge in [0.1, 0.15) is 11.3 Å². The van der Waals surface area contributed by atoms with Gasteiger partial charge in [0.25, 0.3) is 0 Å². The predicted molar refractivity (Wildman–Crippen MR) is 105 cm³/mol. The van der Waals surface area contributed by atoms with Crippen molar-refractivity contribution >= 4 is 5.97 Å². The van der Waals surface area contributed by atoms with Crippen molar-refractivity contribution < 1.29 is 14.3 Å². The summed E-state index contributed by atoms with van der Waals surface area (Å²) in [6.45, 7) is 13.6. The zero-order chi connectivity index (χ0) is 18.9. The van der Waals surface area contributed by atoms with Crippen LogP contribution in [0.2, 0.25) is 0 Å². The van der Waals surface area contributed by atoms with E-state index in [-0.39, 0.29) is 11.4 Å². The summed E-state index contributed by atoms with van der Waals surface area (Å²) in [5.41, 5.74) is 2.97. The Morgan fingerprint density at radius 1 is 1.00 bits per heavy atom. The first-order valence-electron chi connectivity index (χ1n) is 9.78. The van der Waals surface area contributed by atoms with E-state index in [2.05, 4.69) is 40.7 Å². The van der Waals surface area contributed by atoms with Crippen LogP contribution in [0.3, 0.4) is 0 Å². The lowest BCUT2D eigenvalue weighted by Crippen LogP contribution is -2.19. The third-order valence-electron chi connectivity index (χ3n) is 3.99. The fraction of sp³-hybridized carbons (Fsp3) is 0.682. The summed E-state index contributed by atoms with van der Waals surface area (Å²) in [6.07, 6.45) is 6.39. The van der Waals surface area contributed by atoms with E-state index >= 15 is 0 Å². The minimum atomic E-state index is -0.275. The number of ether oxygens (including phenoxy) is 2. The molecule has 0 amide bonds. The smallest absolute Gasteiger partial charge is 0.341 e. The lowest BCUT2D eigenvalue weighted by atomic mass is 9.96. The Hall–Kier alpha value is -1.51. The minimum Gasteiger partial charge on any atom is -0.492 e. The van der Waals surface area contributed by atoms with E-state index in [0.717, 1.165) is 49.8 Å². The maximum atomic E-state index is 12.5. The maximum Gasteiger partial charge on any atom is 0.341 e. The normalized spacial score (nSPS) is 11.4. The molecular weight excluding hydrogens is 312 g/mol. The number of rotatable bonds is 10. The third-order valence-corrected chi connectivity index (χ3v) is 3.99. The second-order valence-electron chi connectivity index (χ2n) is 7.91. The Kier molecular flexibility index (Phi) is 9.02. The molecule has 0 heterocycles. The maximum absolute atomic E-state index is 12.5. The summed E-state index contributed by atoms with van der Waals surface area (Å²) in [6, 6.07) is 4.20. The van der Waals surface area contributed by atoms with Gasteiger partial charge in [-0.3, -0.25) is 0 Å². The first-order valence-corrected chi connectivity index (χ1v) is 9.78. The Bertz CT molecular complexity index is 541. The van der Waals surface area contributed by atoms with Crippen LogP contribution in [-0.2, 0) is 17.6 Å². The molecule has 0 aliphatic carbocycles. The second-order valence-corrected chi connectivity index (χ2v) is 7.91. The van der Waals surface area contributed by atoms with E-state index in [4.69, 9.17) is 9.47 Å². The van der Waals surface area contributed by atoms with Gasteiger partial charge in [0.2, 0.25) is 0 Å². The van der Waals surface area contributed by atoms with Crippen molar-refractivity contribution in [3.8, 4) is 5.75 Å². The first kappa shape index (κ1) is 21.5. The van der Waals surface area contributed by atoms with Crippen molar-refractivity contribution in [2.45, 2.75) is 80.1 Å². The van der Waals surface area contributed by atoms with Crippen LogP contribution in [0.4, 0.5) is 0 Å². The Labute approximate surface area is 154 Å². The summed E-state index contributed by atoms with van der Waals surface area (Å²) < 4.78 is 11.5. The molecule has 25 heavy (non-hydrogen) atoms. The van der Waals surface area contributed by atoms with Crippen molar-refractivity contribution in [3.63, 3.8) is 0 Å². The number of aryl methyl sites for hydroxylation is 2. The average Bonchev–Trinajstić information content (AvgIpc) is 2.55. The number of carbonyl (C=O) groups excluding carboxylic acids is 1. The van der Waals surface area contributed by atoms with E-state index in [1.165, 1.54) is 5.56 Å². The standard InChI is InChI=1S/C22H36O3/c1-7-10-12-17-14-18(13-11-8-2)20(25-16-22(4,5)6)19(15-17)21(23)24-9-3/h14-15H,7-13,16H2,1-6H3. The van der Waals surface area contributed by atoms with Gasteiger partial charge in [-0.2, -0.15) is 0 Å². The number of esters is 1. The number of benzene rings is 1. The van der Waals surface area contributed by atoms with Crippen molar-refractivity contribution in [1.82, 2.24) is 0 Å². The highest BCUT2D eigenvalue weighted by Gasteiger charge is 2.21. The molecule has 0 saturated carbocycles. The Balaban J connectivity index is 3.29. The molecule has 0 saturated heterocycles. The molecule has 0 aromatic heterocycles. The van der Waals surface area contributed by atoms with Crippen LogP contribution in [-0.4, -0.2) is 19.2 Å². The van der Waals surface area contributed by atoms with Crippen molar-refractivity contribution in [3.05, 3.63) is 28.8 Å². The predicted octanol–water partition coefficient (Wildman–Crippen LogP) is 5.97. The highest BCUT2D eigenvalue weighted by Crippen LogP contribution is 2.31. The Morgan fingerprint density at radius 2 is 1.64 bits per heavy atom. The van der Waals surface area contributed by atoms with Crippen LogP contribution in [0.5, 0.6) is 5.75 Å². The van der Waals surface area contributed by atoms with Crippen molar-refractivity contribution in [2.75, 3.05) is 13.2 Å². The summed E-state index contributed by atoms with van der Waals surface area (Å²) >= 11 is 0. The van der Waals surface area contributed by atoms with Gasteiger partial charge >= 0.3 is 5.97 Å². The third kappa shape index (κ3) is 7.50. The average molecular weight is 349 g/mol. The fourth-order valence-corrected chi connectivity index (χ4v) is 2.65. The highest BCUT2D eigenvalue weighted by molar-refractivity contribution is 5.93. The molecule has 1 aromatic rings. The van der Waals surface area contributed by atoms with E-state index in [9.17, 15) is 4.79 Å². The molecule has 0 unspecified atom stereocenters. The molecule has 0 atom stereocenters. The fourth-order valence-electron chi connectivity index (χ4n) is 2.65. The molecule has 0 fully saturated rings. The summed E-state index contributed by atoms with van der Waals surface area (Å²) in [5, 5.41) is 0. The van der Waals surface area contributed by atoms with Gasteiger partial charge in [0, 0.05) is 0 Å². The monoisotopic (exact) mass is 348 g/mol. The summed E-state index contributed by atoms with van der Waals surface area (Å²) in [4.78, 5) is 12.5. The van der Waals surface area contributed by atoms with E-state index in [1.54, 1.807) is 0 Å². The quantitative estimate of drug-likeness (QED) is 0.488. The zero-order valence-corrected chi connectivity index (χ0v) is 17.0. The van der Waals surface area contributed by atoms with Crippen LogP contribution in [0.15, 0.2) is 12.1 Å². The number of unbranched alkanes of at least 4 members (excludes halogenated alkanes) is 2. The molecule has 0 spiro atoms. The lowest BCUT2D eigenvalue weighted by molar-refractivity contribution is 0.0519. The topological polar surface area (TPSA) is 35.5 Å². The molecular formula is C22H36O3. The van der Waals surface area contributed by atoms with Crippen LogP contribution in [0.1, 0.15) is 88.7 Å². The summed E-state index contributed by atoms with van der Waals surface area (Å²) in [5.74, 6) is 0.449. The van der Waals surface area contributed by atoms with Gasteiger partial charge < -0.3 is 9.47 Å². The largest absolute Gasteiger partial charge is 0.492 e. The van der Waals surface area contributed by atoms with Gasteiger partial charge in [0.05, 0.1) is 13.2 Å². The van der Waals surface area contributed by atoms with Gasteiger partial charge in [-0.15, -0.1) is 0 Å². The highest BCUT2D eigenvalue weighted by atomic mass is 16.5. The van der Waals surface area contributed by atoms with Gasteiger partial charge in [-0.25, -0.2) is 4.79 Å². The SMILES string of the molecule is CCCCc1cc(CCCC)c(OCC(C)(C)C)c(C(=O)OCC)c1. The molecule has 1 aromatic carbocycles. The van der Waals surface area contributed by atoms with Crippen LogP contribution in [0, 0.1) is 5.41 Å². The molecule has 1 rings (SSSR count). The molecule has 0 radical (unpaired) electrons. The van der Waals surface area contributed by atoms with Gasteiger partial charge in [-0.05, 0) is 55.2 Å². The lowest BCUT2D eigenvalue weighted by Gasteiger charge is -2.23. The molecule has 3 heteroatoms. The Morgan fingerprint density at radius 3 is 2.20 bits per heavy atom. The van der Waals surface area contributed by atoms with Crippen molar-refractivity contribution in [1.29, 1.82) is 0 Å². The zero-order valence-electron chi connectivity index (χ0n) is 17.0. The number of carbonyl (C=O) groups is 1. The molecule has 142 valence electrons. The molecule has 0 aliphatic heterocycles. The summed E-state index contributed by atoms with van der Waals surface area (Å²) in [7, 11) is 0. The minimum absolute atomic E-state index is 0.0365. The number of hydrogen-bond donors (Lipinski definition) is 0. The van der Waals surface area contributed by atoms with Crippen LogP contribution < -0.4 is 4.74 Å². The van der Waals surface area contributed by atoms with Gasteiger partial charge in [0.15, 0.2) is 0 Å². The van der Waals surface area contributed by atoms with Crippen LogP contribution in [0.25, 0.3) is 0 Å². The van der Waals surface area contributed by atoms with E-state index in [0.29, 0.717) is 18.8 Å².